The zero-order chi connectivity index (χ0) is 22.2. The Morgan fingerprint density at radius 2 is 1.94 bits per heavy atom. The summed E-state index contributed by atoms with van der Waals surface area (Å²) in [6.45, 7) is 4.60. The number of benzene rings is 2. The fraction of sp³-hybridized carbons (Fsp3) is 0.292. The Hall–Kier alpha value is -3.61. The molecule has 0 bridgehead atoms. The minimum absolute atomic E-state index is 0.00564. The summed E-state index contributed by atoms with van der Waals surface area (Å²) < 4.78 is 7.61. The Balaban J connectivity index is 1.52. The number of amides is 2. The third-order valence-electron chi connectivity index (χ3n) is 5.11. The smallest absolute Gasteiger partial charge is 0.251 e. The average molecular weight is 421 g/mol. The Morgan fingerprint density at radius 3 is 2.61 bits per heavy atom. The van der Waals surface area contributed by atoms with Crippen molar-refractivity contribution in [2.24, 2.45) is 13.0 Å². The molecule has 162 valence electrons. The number of carbonyl (C=O) groups excluding carboxylic acids is 2. The highest BCUT2D eigenvalue weighted by molar-refractivity contribution is 5.94. The number of nitrogens with one attached hydrogen (secondary N) is 2. The fourth-order valence-corrected chi connectivity index (χ4v) is 2.88. The summed E-state index contributed by atoms with van der Waals surface area (Å²) in [5.41, 5.74) is 2.18. The van der Waals surface area contributed by atoms with Crippen molar-refractivity contribution < 1.29 is 14.3 Å². The highest BCUT2D eigenvalue weighted by Gasteiger charge is 2.11. The number of hydrogen-bond acceptors (Lipinski definition) is 4. The molecule has 0 fully saturated rings. The van der Waals surface area contributed by atoms with Gasteiger partial charge in [-0.25, -0.2) is 4.98 Å². The number of ether oxygens (including phenoxy) is 1. The van der Waals surface area contributed by atoms with Crippen molar-refractivity contribution in [3.8, 4) is 5.75 Å². The average Bonchev–Trinajstić information content (AvgIpc) is 3.20. The summed E-state index contributed by atoms with van der Waals surface area (Å²) in [5, 5.41) is 5.82. The number of nitrogens with zero attached hydrogens (tertiary/aromatic N) is 2. The molecule has 0 saturated carbocycles. The molecule has 7 heteroatoms. The lowest BCUT2D eigenvalue weighted by atomic mass is 10.1. The normalized spacial score (nSPS) is 11.6. The summed E-state index contributed by atoms with van der Waals surface area (Å²) in [4.78, 5) is 28.8. The lowest BCUT2D eigenvalue weighted by Gasteiger charge is -2.12. The number of imidazole rings is 1. The standard InChI is InChI=1S/C24H28N4O3/c1-4-17(2)23(29)27-20-7-5-6-18(14-20)15-26-24(30)19-8-10-21(11-9-19)31-16-22-25-12-13-28(22)3/h5-14,17H,4,15-16H2,1-3H3,(H,26,30)(H,27,29). The lowest BCUT2D eigenvalue weighted by molar-refractivity contribution is -0.119. The maximum absolute atomic E-state index is 12.5. The zero-order valence-corrected chi connectivity index (χ0v) is 18.1. The maximum atomic E-state index is 12.5. The molecule has 1 unspecified atom stereocenters. The molecule has 31 heavy (non-hydrogen) atoms. The molecule has 0 aliphatic heterocycles. The molecule has 2 N–H and O–H groups in total. The van der Waals surface area contributed by atoms with E-state index in [9.17, 15) is 9.59 Å². The van der Waals surface area contributed by atoms with Crippen LogP contribution in [0.15, 0.2) is 60.9 Å². The van der Waals surface area contributed by atoms with Gasteiger partial charge in [0.25, 0.3) is 5.91 Å². The molecule has 0 spiro atoms. The second kappa shape index (κ2) is 10.4. The van der Waals surface area contributed by atoms with Crippen molar-refractivity contribution in [2.45, 2.75) is 33.4 Å². The van der Waals surface area contributed by atoms with Crippen LogP contribution in [0.2, 0.25) is 0 Å². The predicted molar refractivity (Wildman–Crippen MR) is 120 cm³/mol. The van der Waals surface area contributed by atoms with E-state index in [1.165, 1.54) is 0 Å². The number of hydrogen-bond donors (Lipinski definition) is 2. The maximum Gasteiger partial charge on any atom is 0.251 e. The van der Waals surface area contributed by atoms with Gasteiger partial charge in [0.15, 0.2) is 0 Å². The van der Waals surface area contributed by atoms with E-state index in [4.69, 9.17) is 4.74 Å². The molecular formula is C24H28N4O3. The van der Waals surface area contributed by atoms with Gasteiger partial charge in [-0.15, -0.1) is 0 Å². The highest BCUT2D eigenvalue weighted by atomic mass is 16.5. The summed E-state index contributed by atoms with van der Waals surface area (Å²) in [7, 11) is 1.91. The monoisotopic (exact) mass is 420 g/mol. The van der Waals surface area contributed by atoms with E-state index >= 15 is 0 Å². The van der Waals surface area contributed by atoms with E-state index in [2.05, 4.69) is 15.6 Å². The largest absolute Gasteiger partial charge is 0.486 e. The zero-order valence-electron chi connectivity index (χ0n) is 18.1. The van der Waals surface area contributed by atoms with Crippen LogP contribution in [0, 0.1) is 5.92 Å². The van der Waals surface area contributed by atoms with Gasteiger partial charge in [0.2, 0.25) is 5.91 Å². The Morgan fingerprint density at radius 1 is 1.16 bits per heavy atom. The molecule has 1 aromatic heterocycles. The minimum atomic E-state index is -0.176. The first kappa shape index (κ1) is 22.1. The first-order valence-electron chi connectivity index (χ1n) is 10.3. The van der Waals surface area contributed by atoms with Crippen molar-refractivity contribution >= 4 is 17.5 Å². The van der Waals surface area contributed by atoms with Crippen LogP contribution >= 0.6 is 0 Å². The van der Waals surface area contributed by atoms with Crippen LogP contribution in [0.25, 0.3) is 0 Å². The fourth-order valence-electron chi connectivity index (χ4n) is 2.88. The molecule has 3 rings (SSSR count). The van der Waals surface area contributed by atoms with E-state index in [-0.39, 0.29) is 17.7 Å². The van der Waals surface area contributed by atoms with Crippen LogP contribution in [0.1, 0.15) is 42.0 Å². The second-order valence-electron chi connectivity index (χ2n) is 7.45. The van der Waals surface area contributed by atoms with Crippen LogP contribution < -0.4 is 15.4 Å². The van der Waals surface area contributed by atoms with Gasteiger partial charge in [-0.1, -0.05) is 26.0 Å². The Labute approximate surface area is 182 Å². The number of aromatic nitrogens is 2. The third kappa shape index (κ3) is 6.18. The quantitative estimate of drug-likeness (QED) is 0.550. The van der Waals surface area contributed by atoms with Crippen molar-refractivity contribution in [2.75, 3.05) is 5.32 Å². The van der Waals surface area contributed by atoms with E-state index < -0.39 is 0 Å². The molecule has 0 aliphatic carbocycles. The van der Waals surface area contributed by atoms with E-state index in [0.29, 0.717) is 24.5 Å². The van der Waals surface area contributed by atoms with E-state index in [0.717, 1.165) is 23.5 Å². The van der Waals surface area contributed by atoms with Gasteiger partial charge in [0.1, 0.15) is 18.2 Å². The van der Waals surface area contributed by atoms with E-state index in [1.54, 1.807) is 30.5 Å². The van der Waals surface area contributed by atoms with Crippen LogP contribution in [0.4, 0.5) is 5.69 Å². The summed E-state index contributed by atoms with van der Waals surface area (Å²) >= 11 is 0. The van der Waals surface area contributed by atoms with Gasteiger partial charge in [-0.3, -0.25) is 9.59 Å². The minimum Gasteiger partial charge on any atom is -0.486 e. The number of aryl methyl sites for hydroxylation is 1. The van der Waals surface area contributed by atoms with Crippen molar-refractivity contribution in [1.82, 2.24) is 14.9 Å². The van der Waals surface area contributed by atoms with Gasteiger partial charge in [-0.05, 0) is 48.4 Å². The van der Waals surface area contributed by atoms with Crippen LogP contribution in [0.5, 0.6) is 5.75 Å². The van der Waals surface area contributed by atoms with Crippen LogP contribution in [0.3, 0.4) is 0 Å². The van der Waals surface area contributed by atoms with Crippen molar-refractivity contribution in [1.29, 1.82) is 0 Å². The first-order valence-corrected chi connectivity index (χ1v) is 10.3. The lowest BCUT2D eigenvalue weighted by Crippen LogP contribution is -2.23. The topological polar surface area (TPSA) is 85.2 Å². The highest BCUT2D eigenvalue weighted by Crippen LogP contribution is 2.15. The molecule has 2 aromatic carbocycles. The molecule has 1 atom stereocenters. The van der Waals surface area contributed by atoms with Crippen LogP contribution in [-0.2, 0) is 25.0 Å². The van der Waals surface area contributed by atoms with Gasteiger partial charge < -0.3 is 19.9 Å². The van der Waals surface area contributed by atoms with Gasteiger partial charge in [0, 0.05) is 43.2 Å². The Bertz CT molecular complexity index is 1030. The summed E-state index contributed by atoms with van der Waals surface area (Å²) in [5.74, 6) is 1.27. The predicted octanol–water partition coefficient (Wildman–Crippen LogP) is 3.91. The van der Waals surface area contributed by atoms with Crippen molar-refractivity contribution in [3.05, 3.63) is 77.9 Å². The number of rotatable bonds is 9. The molecular weight excluding hydrogens is 392 g/mol. The van der Waals surface area contributed by atoms with Gasteiger partial charge in [-0.2, -0.15) is 0 Å². The number of anilines is 1. The second-order valence-corrected chi connectivity index (χ2v) is 7.45. The Kier molecular flexibility index (Phi) is 7.43. The molecule has 7 nitrogen and oxygen atoms in total. The molecule has 3 aromatic rings. The molecule has 1 heterocycles. The molecule has 0 aliphatic rings. The molecule has 0 saturated heterocycles. The van der Waals surface area contributed by atoms with Gasteiger partial charge in [0.05, 0.1) is 0 Å². The summed E-state index contributed by atoms with van der Waals surface area (Å²) in [6, 6.07) is 14.5. The SMILES string of the molecule is CCC(C)C(=O)Nc1cccc(CNC(=O)c2ccc(OCc3nccn3C)cc2)c1. The number of carbonyl (C=O) groups is 2. The first-order chi connectivity index (χ1) is 15.0. The third-order valence-corrected chi connectivity index (χ3v) is 5.11. The van der Waals surface area contributed by atoms with Gasteiger partial charge >= 0.3 is 0 Å². The molecule has 0 radical (unpaired) electrons. The van der Waals surface area contributed by atoms with Crippen molar-refractivity contribution in [3.63, 3.8) is 0 Å². The summed E-state index contributed by atoms with van der Waals surface area (Å²) in [6.07, 6.45) is 4.37. The molecule has 2 amide bonds. The van der Waals surface area contributed by atoms with E-state index in [1.807, 2.05) is 55.9 Å². The van der Waals surface area contributed by atoms with Crippen LogP contribution in [-0.4, -0.2) is 21.4 Å².